The monoisotopic (exact) mass is 256 g/mol. The number of aromatic nitrogens is 2. The Kier molecular flexibility index (Phi) is 3.42. The molecular weight excluding hydrogens is 240 g/mol. The number of ether oxygens (including phenoxy) is 1. The van der Waals surface area contributed by atoms with Gasteiger partial charge in [-0.15, -0.1) is 0 Å². The third-order valence-corrected chi connectivity index (χ3v) is 3.41. The Labute approximate surface area is 112 Å². The summed E-state index contributed by atoms with van der Waals surface area (Å²) in [6.07, 6.45) is 5.06. The van der Waals surface area contributed by atoms with Crippen molar-refractivity contribution >= 4 is 5.78 Å². The van der Waals surface area contributed by atoms with Gasteiger partial charge in [-0.3, -0.25) is 4.79 Å². The van der Waals surface area contributed by atoms with Crippen molar-refractivity contribution in [2.75, 3.05) is 13.2 Å². The van der Waals surface area contributed by atoms with Crippen molar-refractivity contribution in [3.05, 3.63) is 48.3 Å². The lowest BCUT2D eigenvalue weighted by Gasteiger charge is -2.20. The Bertz CT molecular complexity index is 563. The highest BCUT2D eigenvalue weighted by Gasteiger charge is 2.23. The Hall–Kier alpha value is -1.94. The molecule has 98 valence electrons. The lowest BCUT2D eigenvalue weighted by Crippen LogP contribution is -2.28. The van der Waals surface area contributed by atoms with Crippen LogP contribution in [0.15, 0.2) is 42.7 Å². The fourth-order valence-corrected chi connectivity index (χ4v) is 2.34. The third kappa shape index (κ3) is 2.74. The summed E-state index contributed by atoms with van der Waals surface area (Å²) < 4.78 is 7.20. The van der Waals surface area contributed by atoms with Crippen LogP contribution in [0.4, 0.5) is 0 Å². The SMILES string of the molecule is O=C1CCOCC1Cc1cnn(-c2ccccc2)c1. The van der Waals surface area contributed by atoms with Crippen LogP contribution in [0, 0.1) is 5.92 Å². The van der Waals surface area contributed by atoms with Gasteiger partial charge in [0.05, 0.1) is 25.1 Å². The van der Waals surface area contributed by atoms with Crippen LogP contribution in [0.3, 0.4) is 0 Å². The third-order valence-electron chi connectivity index (χ3n) is 3.41. The van der Waals surface area contributed by atoms with Crippen molar-refractivity contribution in [2.45, 2.75) is 12.8 Å². The van der Waals surface area contributed by atoms with Gasteiger partial charge in [-0.25, -0.2) is 4.68 Å². The molecule has 2 heterocycles. The molecule has 0 N–H and O–H groups in total. The van der Waals surface area contributed by atoms with Gasteiger partial charge in [0.2, 0.25) is 0 Å². The van der Waals surface area contributed by atoms with Crippen molar-refractivity contribution in [3.8, 4) is 5.69 Å². The van der Waals surface area contributed by atoms with Gasteiger partial charge < -0.3 is 4.74 Å². The summed E-state index contributed by atoms with van der Waals surface area (Å²) >= 11 is 0. The number of nitrogens with zero attached hydrogens (tertiary/aromatic N) is 2. The van der Waals surface area contributed by atoms with Crippen LogP contribution in [0.2, 0.25) is 0 Å². The highest BCUT2D eigenvalue weighted by atomic mass is 16.5. The number of hydrogen-bond acceptors (Lipinski definition) is 3. The Balaban J connectivity index is 1.73. The lowest BCUT2D eigenvalue weighted by molar-refractivity contribution is -0.130. The van der Waals surface area contributed by atoms with Gasteiger partial charge in [0.25, 0.3) is 0 Å². The zero-order valence-corrected chi connectivity index (χ0v) is 10.7. The first kappa shape index (κ1) is 12.1. The summed E-state index contributed by atoms with van der Waals surface area (Å²) in [4.78, 5) is 11.8. The van der Waals surface area contributed by atoms with Gasteiger partial charge >= 0.3 is 0 Å². The Morgan fingerprint density at radius 2 is 2.16 bits per heavy atom. The number of carbonyl (C=O) groups is 1. The maximum Gasteiger partial charge on any atom is 0.140 e. The van der Waals surface area contributed by atoms with E-state index in [9.17, 15) is 4.79 Å². The molecule has 1 aliphatic rings. The molecule has 1 unspecified atom stereocenters. The number of para-hydroxylation sites is 1. The van der Waals surface area contributed by atoms with E-state index in [0.29, 0.717) is 31.8 Å². The molecule has 0 radical (unpaired) electrons. The molecule has 0 spiro atoms. The van der Waals surface area contributed by atoms with E-state index in [1.54, 1.807) is 0 Å². The van der Waals surface area contributed by atoms with Crippen LogP contribution in [0.5, 0.6) is 0 Å². The lowest BCUT2D eigenvalue weighted by atomic mass is 9.94. The molecule has 1 atom stereocenters. The Morgan fingerprint density at radius 1 is 1.32 bits per heavy atom. The van der Waals surface area contributed by atoms with E-state index >= 15 is 0 Å². The average Bonchev–Trinajstić information content (AvgIpc) is 2.91. The van der Waals surface area contributed by atoms with Crippen LogP contribution in [-0.2, 0) is 16.0 Å². The van der Waals surface area contributed by atoms with E-state index in [4.69, 9.17) is 4.74 Å². The number of hydrogen-bond donors (Lipinski definition) is 0. The van der Waals surface area contributed by atoms with E-state index < -0.39 is 0 Å². The zero-order valence-electron chi connectivity index (χ0n) is 10.7. The number of carbonyl (C=O) groups excluding carboxylic acids is 1. The summed E-state index contributed by atoms with van der Waals surface area (Å²) in [6, 6.07) is 9.95. The number of ketones is 1. The quantitative estimate of drug-likeness (QED) is 0.844. The van der Waals surface area contributed by atoms with Gasteiger partial charge in [0.1, 0.15) is 5.78 Å². The zero-order chi connectivity index (χ0) is 13.1. The van der Waals surface area contributed by atoms with Crippen molar-refractivity contribution < 1.29 is 9.53 Å². The molecule has 2 aromatic rings. The molecule has 4 nitrogen and oxygen atoms in total. The van der Waals surface area contributed by atoms with Gasteiger partial charge in [-0.2, -0.15) is 5.10 Å². The first-order valence-electron chi connectivity index (χ1n) is 6.52. The van der Waals surface area contributed by atoms with Crippen LogP contribution in [-0.4, -0.2) is 28.8 Å². The molecule has 0 saturated carbocycles. The van der Waals surface area contributed by atoms with Crippen LogP contribution in [0.1, 0.15) is 12.0 Å². The maximum atomic E-state index is 11.8. The van der Waals surface area contributed by atoms with Crippen LogP contribution >= 0.6 is 0 Å². The first-order chi connectivity index (χ1) is 9.33. The smallest absolute Gasteiger partial charge is 0.140 e. The van der Waals surface area contributed by atoms with Gasteiger partial charge in [0.15, 0.2) is 0 Å². The second kappa shape index (κ2) is 5.36. The van der Waals surface area contributed by atoms with Crippen molar-refractivity contribution in [3.63, 3.8) is 0 Å². The molecule has 0 amide bonds. The van der Waals surface area contributed by atoms with Gasteiger partial charge in [-0.05, 0) is 24.1 Å². The molecule has 1 aliphatic heterocycles. The standard InChI is InChI=1S/C15H16N2O2/c18-15-6-7-19-11-13(15)8-12-9-16-17(10-12)14-4-2-1-3-5-14/h1-5,9-10,13H,6-8,11H2. The second-order valence-electron chi connectivity index (χ2n) is 4.82. The maximum absolute atomic E-state index is 11.8. The molecule has 4 heteroatoms. The van der Waals surface area contributed by atoms with Crippen LogP contribution in [0.25, 0.3) is 5.69 Å². The molecule has 1 aromatic carbocycles. The molecule has 3 rings (SSSR count). The number of rotatable bonds is 3. The summed E-state index contributed by atoms with van der Waals surface area (Å²) in [7, 11) is 0. The molecule has 1 fully saturated rings. The largest absolute Gasteiger partial charge is 0.380 e. The molecule has 0 bridgehead atoms. The van der Waals surface area contributed by atoms with Gasteiger partial charge in [-0.1, -0.05) is 18.2 Å². The summed E-state index contributed by atoms with van der Waals surface area (Å²) in [6.45, 7) is 1.11. The molecule has 0 aliphatic carbocycles. The number of Topliss-reactive ketones (excluding diaryl/α,β-unsaturated/α-hetero) is 1. The normalized spacial score (nSPS) is 19.6. The van der Waals surface area contributed by atoms with E-state index in [1.807, 2.05) is 47.4 Å². The van der Waals surface area contributed by atoms with E-state index in [0.717, 1.165) is 11.3 Å². The minimum absolute atomic E-state index is 0.0119. The van der Waals surface area contributed by atoms with E-state index in [1.165, 1.54) is 0 Å². The van der Waals surface area contributed by atoms with E-state index in [2.05, 4.69) is 5.10 Å². The second-order valence-corrected chi connectivity index (χ2v) is 4.82. The number of benzene rings is 1. The minimum Gasteiger partial charge on any atom is -0.380 e. The van der Waals surface area contributed by atoms with Crippen molar-refractivity contribution in [1.82, 2.24) is 9.78 Å². The fourth-order valence-electron chi connectivity index (χ4n) is 2.34. The predicted octanol–water partition coefficient (Wildman–Crippen LogP) is 2.02. The predicted molar refractivity (Wildman–Crippen MR) is 71.2 cm³/mol. The Morgan fingerprint density at radius 3 is 2.95 bits per heavy atom. The van der Waals surface area contributed by atoms with Crippen molar-refractivity contribution in [1.29, 1.82) is 0 Å². The van der Waals surface area contributed by atoms with Gasteiger partial charge in [0, 0.05) is 18.5 Å². The summed E-state index contributed by atoms with van der Waals surface area (Å²) in [5.41, 5.74) is 2.10. The molecule has 19 heavy (non-hydrogen) atoms. The fraction of sp³-hybridized carbons (Fsp3) is 0.333. The highest BCUT2D eigenvalue weighted by molar-refractivity contribution is 5.82. The molecule has 1 saturated heterocycles. The average molecular weight is 256 g/mol. The van der Waals surface area contributed by atoms with Crippen LogP contribution < -0.4 is 0 Å². The van der Waals surface area contributed by atoms with Crippen molar-refractivity contribution in [2.24, 2.45) is 5.92 Å². The van der Waals surface area contributed by atoms with E-state index in [-0.39, 0.29) is 5.92 Å². The topological polar surface area (TPSA) is 44.1 Å². The summed E-state index contributed by atoms with van der Waals surface area (Å²) in [5.74, 6) is 0.292. The molecular formula is C15H16N2O2. The minimum atomic E-state index is -0.0119. The summed E-state index contributed by atoms with van der Waals surface area (Å²) in [5, 5.41) is 4.34. The molecule has 1 aromatic heterocycles. The first-order valence-corrected chi connectivity index (χ1v) is 6.52. The highest BCUT2D eigenvalue weighted by Crippen LogP contribution is 2.16.